The summed E-state index contributed by atoms with van der Waals surface area (Å²) in [5.74, 6) is -0.103. The molecule has 13 heavy (non-hydrogen) atoms. The minimum atomic E-state index is -2.71. The van der Waals surface area contributed by atoms with Gasteiger partial charge in [0.05, 0.1) is 23.3 Å². The molecule has 6 heteroatoms. The van der Waals surface area contributed by atoms with E-state index in [1.807, 2.05) is 0 Å². The van der Waals surface area contributed by atoms with Crippen molar-refractivity contribution in [1.29, 1.82) is 0 Å². The van der Waals surface area contributed by atoms with Crippen molar-refractivity contribution in [3.8, 4) is 0 Å². The second-order valence-electron chi connectivity index (χ2n) is 2.33. The van der Waals surface area contributed by atoms with Crippen LogP contribution >= 0.6 is 23.2 Å². The lowest BCUT2D eigenvalue weighted by molar-refractivity contribution is 0.150. The van der Waals surface area contributed by atoms with Gasteiger partial charge in [-0.15, -0.1) is 11.6 Å². The molecule has 1 aromatic heterocycles. The first-order valence-electron chi connectivity index (χ1n) is 3.34. The highest BCUT2D eigenvalue weighted by Gasteiger charge is 2.19. The third-order valence-electron chi connectivity index (χ3n) is 1.56. The largest absolute Gasteiger partial charge is 0.397 e. The SMILES string of the molecule is Nc1cnc(Cl)c(C(F)F)c1CCl. The van der Waals surface area contributed by atoms with Crippen LogP contribution in [0.25, 0.3) is 0 Å². The summed E-state index contributed by atoms with van der Waals surface area (Å²) >= 11 is 10.9. The average molecular weight is 227 g/mol. The van der Waals surface area contributed by atoms with Gasteiger partial charge in [0.25, 0.3) is 6.43 Å². The van der Waals surface area contributed by atoms with Crippen LogP contribution in [0.5, 0.6) is 0 Å². The second-order valence-corrected chi connectivity index (χ2v) is 2.96. The van der Waals surface area contributed by atoms with Crippen molar-refractivity contribution in [1.82, 2.24) is 4.98 Å². The van der Waals surface area contributed by atoms with Crippen LogP contribution in [-0.2, 0) is 5.88 Å². The van der Waals surface area contributed by atoms with E-state index in [-0.39, 0.29) is 27.8 Å². The molecule has 2 nitrogen and oxygen atoms in total. The predicted molar refractivity (Wildman–Crippen MR) is 48.2 cm³/mol. The summed E-state index contributed by atoms with van der Waals surface area (Å²) < 4.78 is 24.8. The molecule has 1 aromatic rings. The molecule has 1 heterocycles. The number of alkyl halides is 3. The first-order chi connectivity index (χ1) is 6.07. The fourth-order valence-corrected chi connectivity index (χ4v) is 1.47. The summed E-state index contributed by atoms with van der Waals surface area (Å²) in [6.07, 6.45) is -1.50. The lowest BCUT2D eigenvalue weighted by Crippen LogP contribution is -2.01. The minimum absolute atomic E-state index is 0.103. The smallest absolute Gasteiger partial charge is 0.267 e. The third kappa shape index (κ3) is 2.00. The number of pyridine rings is 1. The van der Waals surface area contributed by atoms with Gasteiger partial charge in [0.2, 0.25) is 0 Å². The van der Waals surface area contributed by atoms with E-state index >= 15 is 0 Å². The molecule has 0 aliphatic heterocycles. The van der Waals surface area contributed by atoms with E-state index in [0.29, 0.717) is 0 Å². The molecule has 0 saturated carbocycles. The summed E-state index contributed by atoms with van der Waals surface area (Å²) in [7, 11) is 0. The van der Waals surface area contributed by atoms with Crippen molar-refractivity contribution in [3.63, 3.8) is 0 Å². The van der Waals surface area contributed by atoms with E-state index in [4.69, 9.17) is 28.9 Å². The van der Waals surface area contributed by atoms with Crippen molar-refractivity contribution < 1.29 is 8.78 Å². The van der Waals surface area contributed by atoms with E-state index in [0.717, 1.165) is 0 Å². The highest BCUT2D eigenvalue weighted by Crippen LogP contribution is 2.32. The number of anilines is 1. The molecule has 72 valence electrons. The summed E-state index contributed by atoms with van der Waals surface area (Å²) in [4.78, 5) is 3.51. The number of halogens is 4. The number of nitrogen functional groups attached to an aromatic ring is 1. The maximum Gasteiger partial charge on any atom is 0.267 e. The number of aromatic nitrogens is 1. The fourth-order valence-electron chi connectivity index (χ4n) is 0.925. The number of hydrogen-bond donors (Lipinski definition) is 1. The maximum absolute atomic E-state index is 12.4. The van der Waals surface area contributed by atoms with Crippen molar-refractivity contribution >= 4 is 28.9 Å². The zero-order chi connectivity index (χ0) is 10.0. The minimum Gasteiger partial charge on any atom is -0.397 e. The molecule has 0 radical (unpaired) electrons. The molecule has 0 atom stereocenters. The average Bonchev–Trinajstić information content (AvgIpc) is 2.07. The molecule has 2 N–H and O–H groups in total. The van der Waals surface area contributed by atoms with E-state index in [1.54, 1.807) is 0 Å². The van der Waals surface area contributed by atoms with Crippen LogP contribution in [0, 0.1) is 0 Å². The Labute approximate surface area is 83.7 Å². The van der Waals surface area contributed by atoms with Gasteiger partial charge in [-0.25, -0.2) is 13.8 Å². The summed E-state index contributed by atoms with van der Waals surface area (Å²) in [6, 6.07) is 0. The normalized spacial score (nSPS) is 10.8. The van der Waals surface area contributed by atoms with Crippen LogP contribution < -0.4 is 5.73 Å². The van der Waals surface area contributed by atoms with E-state index in [1.165, 1.54) is 6.20 Å². The van der Waals surface area contributed by atoms with Gasteiger partial charge in [-0.05, 0) is 0 Å². The van der Waals surface area contributed by atoms with Crippen molar-refractivity contribution in [3.05, 3.63) is 22.5 Å². The van der Waals surface area contributed by atoms with Gasteiger partial charge in [0.1, 0.15) is 5.15 Å². The molecule has 0 aliphatic carbocycles. The summed E-state index contributed by atoms with van der Waals surface area (Å²) in [5, 5.41) is -0.250. The van der Waals surface area contributed by atoms with Crippen LogP contribution in [0.3, 0.4) is 0 Å². The van der Waals surface area contributed by atoms with Crippen molar-refractivity contribution in [2.24, 2.45) is 0 Å². The molecule has 0 aromatic carbocycles. The standard InChI is InChI=1S/C7H6Cl2F2N2/c8-1-3-4(12)2-13-6(9)5(3)7(10)11/h2,7H,1,12H2. The van der Waals surface area contributed by atoms with Gasteiger partial charge >= 0.3 is 0 Å². The van der Waals surface area contributed by atoms with Crippen LogP contribution in [0.15, 0.2) is 6.20 Å². The summed E-state index contributed by atoms with van der Waals surface area (Å²) in [6.45, 7) is 0. The Morgan fingerprint density at radius 1 is 1.54 bits per heavy atom. The first-order valence-corrected chi connectivity index (χ1v) is 4.26. The Bertz CT molecular complexity index is 318. The Morgan fingerprint density at radius 3 is 2.54 bits per heavy atom. The Morgan fingerprint density at radius 2 is 2.15 bits per heavy atom. The highest BCUT2D eigenvalue weighted by atomic mass is 35.5. The fraction of sp³-hybridized carbons (Fsp3) is 0.286. The lowest BCUT2D eigenvalue weighted by Gasteiger charge is -2.09. The zero-order valence-electron chi connectivity index (χ0n) is 6.40. The molecule has 1 rings (SSSR count). The molecule has 0 bridgehead atoms. The number of rotatable bonds is 2. The van der Waals surface area contributed by atoms with Crippen molar-refractivity contribution in [2.45, 2.75) is 12.3 Å². The maximum atomic E-state index is 12.4. The molecule has 0 aliphatic rings. The monoisotopic (exact) mass is 226 g/mol. The van der Waals surface area contributed by atoms with E-state index in [2.05, 4.69) is 4.98 Å². The molecule has 0 unspecified atom stereocenters. The van der Waals surface area contributed by atoms with Gasteiger partial charge in [-0.2, -0.15) is 0 Å². The van der Waals surface area contributed by atoms with Gasteiger partial charge in [0, 0.05) is 5.56 Å². The first kappa shape index (κ1) is 10.5. The number of nitrogens with two attached hydrogens (primary N) is 1. The Hall–Kier alpha value is -0.610. The van der Waals surface area contributed by atoms with Gasteiger partial charge in [-0.3, -0.25) is 0 Å². The van der Waals surface area contributed by atoms with Crippen molar-refractivity contribution in [2.75, 3.05) is 5.73 Å². The van der Waals surface area contributed by atoms with Gasteiger partial charge in [0.15, 0.2) is 0 Å². The van der Waals surface area contributed by atoms with Gasteiger partial charge < -0.3 is 5.73 Å². The lowest BCUT2D eigenvalue weighted by atomic mass is 10.1. The van der Waals surface area contributed by atoms with E-state index < -0.39 is 6.43 Å². The van der Waals surface area contributed by atoms with Crippen LogP contribution in [-0.4, -0.2) is 4.98 Å². The second kappa shape index (κ2) is 4.07. The molecule has 0 amide bonds. The number of nitrogens with zero attached hydrogens (tertiary/aromatic N) is 1. The molecule has 0 spiro atoms. The molecular formula is C7H6Cl2F2N2. The van der Waals surface area contributed by atoms with Crippen LogP contribution in [0.1, 0.15) is 17.6 Å². The predicted octanol–water partition coefficient (Wildman–Crippen LogP) is 2.99. The summed E-state index contributed by atoms with van der Waals surface area (Å²) in [5.41, 5.74) is 5.31. The molecule has 0 fully saturated rings. The quantitative estimate of drug-likeness (QED) is 0.622. The topological polar surface area (TPSA) is 38.9 Å². The Balaban J connectivity index is 3.35. The number of hydrogen-bond acceptors (Lipinski definition) is 2. The van der Waals surface area contributed by atoms with E-state index in [9.17, 15) is 8.78 Å². The molecular weight excluding hydrogens is 221 g/mol. The zero-order valence-corrected chi connectivity index (χ0v) is 7.91. The van der Waals surface area contributed by atoms with Crippen LogP contribution in [0.2, 0.25) is 5.15 Å². The Kier molecular flexibility index (Phi) is 3.27. The highest BCUT2D eigenvalue weighted by molar-refractivity contribution is 6.30. The third-order valence-corrected chi connectivity index (χ3v) is 2.13. The van der Waals surface area contributed by atoms with Gasteiger partial charge in [-0.1, -0.05) is 11.6 Å². The molecule has 0 saturated heterocycles. The van der Waals surface area contributed by atoms with Crippen LogP contribution in [0.4, 0.5) is 14.5 Å².